The van der Waals surface area contributed by atoms with Gasteiger partial charge in [0.15, 0.2) is 0 Å². The first kappa shape index (κ1) is 12.4. The van der Waals surface area contributed by atoms with E-state index in [4.69, 9.17) is 0 Å². The highest BCUT2D eigenvalue weighted by Gasteiger charge is 2.17. The van der Waals surface area contributed by atoms with Gasteiger partial charge in [-0.15, -0.1) is 0 Å². The Bertz CT molecular complexity index is 641. The number of benzene rings is 1. The predicted octanol–water partition coefficient (Wildman–Crippen LogP) is 1.88. The lowest BCUT2D eigenvalue weighted by Gasteiger charge is -2.24. The number of hydrogen-bond donors (Lipinski definition) is 1. The topological polar surface area (TPSA) is 46.9 Å². The molecule has 4 nitrogen and oxygen atoms in total. The highest BCUT2D eigenvalue weighted by atomic mass is 16.1. The molecule has 1 aromatic carbocycles. The van der Waals surface area contributed by atoms with Crippen molar-refractivity contribution < 1.29 is 0 Å². The molecule has 3 rings (SSSR count). The van der Waals surface area contributed by atoms with Gasteiger partial charge in [-0.05, 0) is 43.5 Å². The highest BCUT2D eigenvalue weighted by Crippen LogP contribution is 2.16. The van der Waals surface area contributed by atoms with Crippen molar-refractivity contribution in [3.05, 3.63) is 40.4 Å². The van der Waals surface area contributed by atoms with Gasteiger partial charge < -0.3 is 5.32 Å². The molecule has 0 amide bonds. The number of rotatable bonds is 2. The predicted molar refractivity (Wildman–Crippen MR) is 76.5 cm³/mol. The van der Waals surface area contributed by atoms with Crippen LogP contribution in [-0.2, 0) is 6.42 Å². The summed E-state index contributed by atoms with van der Waals surface area (Å²) in [5, 5.41) is 4.09. The van der Waals surface area contributed by atoms with Crippen LogP contribution in [0.15, 0.2) is 29.3 Å². The maximum Gasteiger partial charge on any atom is 0.261 e. The second kappa shape index (κ2) is 5.13. The van der Waals surface area contributed by atoms with Crippen LogP contribution in [0.2, 0.25) is 0 Å². The van der Waals surface area contributed by atoms with Crippen LogP contribution in [0.25, 0.3) is 10.9 Å². The van der Waals surface area contributed by atoms with Gasteiger partial charge in [-0.1, -0.05) is 13.0 Å². The molecule has 1 aromatic heterocycles. The molecule has 1 atom stereocenters. The van der Waals surface area contributed by atoms with Gasteiger partial charge in [0.25, 0.3) is 5.56 Å². The molecule has 1 aliphatic heterocycles. The van der Waals surface area contributed by atoms with Crippen LogP contribution in [-0.4, -0.2) is 22.6 Å². The number of nitrogens with one attached hydrogen (secondary N) is 1. The van der Waals surface area contributed by atoms with Crippen molar-refractivity contribution in [3.63, 3.8) is 0 Å². The molecule has 0 bridgehead atoms. The lowest BCUT2D eigenvalue weighted by atomic mass is 10.1. The Morgan fingerprint density at radius 1 is 1.47 bits per heavy atom. The molecule has 2 heterocycles. The molecule has 0 saturated carbocycles. The number of aromatic nitrogens is 2. The molecule has 100 valence electrons. The van der Waals surface area contributed by atoms with E-state index in [-0.39, 0.29) is 11.6 Å². The first-order chi connectivity index (χ1) is 9.29. The maximum absolute atomic E-state index is 12.6. The van der Waals surface area contributed by atoms with E-state index in [2.05, 4.69) is 17.2 Å². The van der Waals surface area contributed by atoms with E-state index in [1.165, 1.54) is 5.56 Å². The molecule has 0 radical (unpaired) electrons. The summed E-state index contributed by atoms with van der Waals surface area (Å²) in [6.45, 7) is 4.01. The van der Waals surface area contributed by atoms with E-state index in [1.807, 2.05) is 18.2 Å². The van der Waals surface area contributed by atoms with Crippen molar-refractivity contribution in [3.8, 4) is 0 Å². The van der Waals surface area contributed by atoms with Crippen molar-refractivity contribution in [2.45, 2.75) is 32.2 Å². The zero-order chi connectivity index (χ0) is 13.2. The summed E-state index contributed by atoms with van der Waals surface area (Å²) in [5.74, 6) is 0. The Morgan fingerprint density at radius 3 is 3.11 bits per heavy atom. The fourth-order valence-electron chi connectivity index (χ4n) is 2.73. The van der Waals surface area contributed by atoms with Gasteiger partial charge in [-0.3, -0.25) is 9.36 Å². The Kier molecular flexibility index (Phi) is 3.34. The van der Waals surface area contributed by atoms with E-state index >= 15 is 0 Å². The van der Waals surface area contributed by atoms with Crippen LogP contribution < -0.4 is 10.9 Å². The average Bonchev–Trinajstić information content (AvgIpc) is 2.48. The van der Waals surface area contributed by atoms with Gasteiger partial charge in [0.2, 0.25) is 0 Å². The maximum atomic E-state index is 12.6. The molecule has 1 unspecified atom stereocenters. The third kappa shape index (κ3) is 2.28. The molecule has 0 spiro atoms. The SMILES string of the molecule is CCc1ccc2ncn(C3CCCNC3)c(=O)c2c1. The Labute approximate surface area is 112 Å². The second-order valence-electron chi connectivity index (χ2n) is 5.16. The van der Waals surface area contributed by atoms with Gasteiger partial charge >= 0.3 is 0 Å². The van der Waals surface area contributed by atoms with Crippen molar-refractivity contribution >= 4 is 10.9 Å². The van der Waals surface area contributed by atoms with Gasteiger partial charge in [-0.2, -0.15) is 0 Å². The minimum atomic E-state index is 0.0917. The van der Waals surface area contributed by atoms with E-state index < -0.39 is 0 Å². The van der Waals surface area contributed by atoms with Crippen LogP contribution in [0.3, 0.4) is 0 Å². The largest absolute Gasteiger partial charge is 0.315 e. The number of fused-ring (bicyclic) bond motifs is 1. The molecule has 19 heavy (non-hydrogen) atoms. The minimum Gasteiger partial charge on any atom is -0.315 e. The fourth-order valence-corrected chi connectivity index (χ4v) is 2.73. The van der Waals surface area contributed by atoms with E-state index in [0.29, 0.717) is 0 Å². The van der Waals surface area contributed by atoms with Gasteiger partial charge in [0.1, 0.15) is 0 Å². The molecular weight excluding hydrogens is 238 g/mol. The lowest BCUT2D eigenvalue weighted by Crippen LogP contribution is -2.36. The summed E-state index contributed by atoms with van der Waals surface area (Å²) in [6.07, 6.45) is 4.81. The minimum absolute atomic E-state index is 0.0917. The van der Waals surface area contributed by atoms with E-state index in [1.54, 1.807) is 10.9 Å². The third-order valence-electron chi connectivity index (χ3n) is 3.92. The van der Waals surface area contributed by atoms with Gasteiger partial charge in [-0.25, -0.2) is 4.98 Å². The first-order valence-electron chi connectivity index (χ1n) is 7.00. The van der Waals surface area contributed by atoms with Crippen LogP contribution in [0.5, 0.6) is 0 Å². The molecule has 4 heteroatoms. The molecule has 1 fully saturated rings. The van der Waals surface area contributed by atoms with Crippen LogP contribution in [0.4, 0.5) is 0 Å². The Balaban J connectivity index is 2.10. The number of aryl methyl sites for hydroxylation is 1. The fraction of sp³-hybridized carbons (Fsp3) is 0.467. The third-order valence-corrected chi connectivity index (χ3v) is 3.92. The standard InChI is InChI=1S/C15H19N3O/c1-2-11-5-6-14-13(8-11)15(19)18(10-17-14)12-4-3-7-16-9-12/h5-6,8,10,12,16H,2-4,7,9H2,1H3. The van der Waals surface area contributed by atoms with E-state index in [0.717, 1.165) is 43.3 Å². The van der Waals surface area contributed by atoms with Crippen LogP contribution in [0.1, 0.15) is 31.4 Å². The summed E-state index contributed by atoms with van der Waals surface area (Å²) in [6, 6.07) is 6.21. The molecule has 1 N–H and O–H groups in total. The van der Waals surface area contributed by atoms with Gasteiger partial charge in [0, 0.05) is 6.54 Å². The average molecular weight is 257 g/mol. The Morgan fingerprint density at radius 2 is 2.37 bits per heavy atom. The Hall–Kier alpha value is -1.68. The van der Waals surface area contributed by atoms with Crippen molar-refractivity contribution in [1.29, 1.82) is 0 Å². The zero-order valence-corrected chi connectivity index (χ0v) is 11.2. The van der Waals surface area contributed by atoms with Crippen LogP contribution >= 0.6 is 0 Å². The summed E-state index contributed by atoms with van der Waals surface area (Å²) < 4.78 is 1.80. The molecule has 1 saturated heterocycles. The second-order valence-corrected chi connectivity index (χ2v) is 5.16. The zero-order valence-electron chi connectivity index (χ0n) is 11.2. The normalized spacial score (nSPS) is 19.7. The first-order valence-corrected chi connectivity index (χ1v) is 7.00. The van der Waals surface area contributed by atoms with Crippen molar-refractivity contribution in [1.82, 2.24) is 14.9 Å². The van der Waals surface area contributed by atoms with Crippen molar-refractivity contribution in [2.75, 3.05) is 13.1 Å². The molecule has 1 aliphatic rings. The number of nitrogens with zero attached hydrogens (tertiary/aromatic N) is 2. The molecule has 0 aliphatic carbocycles. The van der Waals surface area contributed by atoms with Crippen LogP contribution in [0, 0.1) is 0 Å². The summed E-state index contributed by atoms with van der Waals surface area (Å²) in [5.41, 5.74) is 2.07. The summed E-state index contributed by atoms with van der Waals surface area (Å²) in [4.78, 5) is 17.0. The van der Waals surface area contributed by atoms with E-state index in [9.17, 15) is 4.79 Å². The summed E-state index contributed by atoms with van der Waals surface area (Å²) >= 11 is 0. The van der Waals surface area contributed by atoms with Gasteiger partial charge in [0.05, 0.1) is 23.3 Å². The number of hydrogen-bond acceptors (Lipinski definition) is 3. The summed E-state index contributed by atoms with van der Waals surface area (Å²) in [7, 11) is 0. The molecule has 2 aromatic rings. The quantitative estimate of drug-likeness (QED) is 0.893. The monoisotopic (exact) mass is 257 g/mol. The lowest BCUT2D eigenvalue weighted by molar-refractivity contribution is 0.363. The number of piperidine rings is 1. The molecular formula is C15H19N3O. The smallest absolute Gasteiger partial charge is 0.261 e. The highest BCUT2D eigenvalue weighted by molar-refractivity contribution is 5.78. The van der Waals surface area contributed by atoms with Crippen molar-refractivity contribution in [2.24, 2.45) is 0 Å².